The fraction of sp³-hybridized carbons (Fsp3) is 1.00. The van der Waals surface area contributed by atoms with Gasteiger partial charge in [-0.1, -0.05) is 168 Å². The van der Waals surface area contributed by atoms with E-state index in [0.29, 0.717) is 0 Å². The normalized spacial score (nSPS) is 12.0. The fourth-order valence-corrected chi connectivity index (χ4v) is 8.36. The van der Waals surface area contributed by atoms with Crippen molar-refractivity contribution in [2.24, 2.45) is 0 Å². The van der Waals surface area contributed by atoms with Gasteiger partial charge in [0.1, 0.15) is 0 Å². The first-order valence-corrected chi connectivity index (χ1v) is 18.5. The van der Waals surface area contributed by atoms with Crippen LogP contribution < -0.4 is 0 Å². The molecule has 0 unspecified atom stereocenters. The lowest BCUT2D eigenvalue weighted by Crippen LogP contribution is -2.02. The van der Waals surface area contributed by atoms with Gasteiger partial charge in [0.15, 0.2) is 0 Å². The van der Waals surface area contributed by atoms with E-state index < -0.39 is 7.14 Å². The van der Waals surface area contributed by atoms with Crippen LogP contribution in [0.1, 0.15) is 188 Å². The molecule has 0 aromatic carbocycles. The first kappa shape index (κ1) is 34.2. The molecule has 0 aliphatic heterocycles. The Morgan fingerprint density at radius 2 is 0.471 bits per heavy atom. The van der Waals surface area contributed by atoms with Crippen molar-refractivity contribution in [3.63, 3.8) is 0 Å². The summed E-state index contributed by atoms with van der Waals surface area (Å²) in [6.45, 7) is 6.86. The molecule has 0 aromatic heterocycles. The van der Waals surface area contributed by atoms with E-state index in [1.54, 1.807) is 0 Å². The van der Waals surface area contributed by atoms with Crippen LogP contribution in [0, 0.1) is 0 Å². The third kappa shape index (κ3) is 25.3. The summed E-state index contributed by atoms with van der Waals surface area (Å²) in [5.41, 5.74) is 0. The third-order valence-corrected chi connectivity index (χ3v) is 11.2. The zero-order valence-corrected chi connectivity index (χ0v) is 25.3. The third-order valence-electron chi connectivity index (χ3n) is 7.76. The zero-order chi connectivity index (χ0) is 25.0. The molecular formula is C32H67OP. The second-order valence-corrected chi connectivity index (χ2v) is 14.8. The minimum atomic E-state index is -1.92. The highest BCUT2D eigenvalue weighted by atomic mass is 31.2. The van der Waals surface area contributed by atoms with E-state index in [4.69, 9.17) is 0 Å². The van der Waals surface area contributed by atoms with Gasteiger partial charge in [0.2, 0.25) is 0 Å². The van der Waals surface area contributed by atoms with Crippen LogP contribution in [0.2, 0.25) is 0 Å². The van der Waals surface area contributed by atoms with Gasteiger partial charge in [-0.25, -0.2) is 0 Å². The molecule has 0 amide bonds. The predicted octanol–water partition coefficient (Wildman–Crippen LogP) is 12.6. The molecule has 0 spiro atoms. The van der Waals surface area contributed by atoms with Crippen molar-refractivity contribution in [1.29, 1.82) is 0 Å². The lowest BCUT2D eigenvalue weighted by molar-refractivity contribution is 0.535. The summed E-state index contributed by atoms with van der Waals surface area (Å²) in [5, 5.41) is 0. The van der Waals surface area contributed by atoms with Crippen LogP contribution in [0.15, 0.2) is 0 Å². The van der Waals surface area contributed by atoms with Crippen molar-refractivity contribution in [3.8, 4) is 0 Å². The van der Waals surface area contributed by atoms with Gasteiger partial charge in [0, 0.05) is 18.5 Å². The van der Waals surface area contributed by atoms with Gasteiger partial charge in [-0.15, -0.1) is 0 Å². The van der Waals surface area contributed by atoms with Crippen LogP contribution >= 0.6 is 7.14 Å². The zero-order valence-electron chi connectivity index (χ0n) is 24.4. The Morgan fingerprint density at radius 1 is 0.294 bits per heavy atom. The molecule has 0 bridgehead atoms. The van der Waals surface area contributed by atoms with Crippen molar-refractivity contribution in [2.45, 2.75) is 188 Å². The Labute approximate surface area is 217 Å². The lowest BCUT2D eigenvalue weighted by Gasteiger charge is -2.18. The molecule has 2 heteroatoms. The summed E-state index contributed by atoms with van der Waals surface area (Å²) in [6.07, 6.45) is 38.6. The Bertz CT molecular complexity index is 399. The largest absolute Gasteiger partial charge is 0.324 e. The highest BCUT2D eigenvalue weighted by Crippen LogP contribution is 2.48. The number of rotatable bonds is 29. The monoisotopic (exact) mass is 498 g/mol. The van der Waals surface area contributed by atoms with Crippen molar-refractivity contribution < 1.29 is 4.57 Å². The molecule has 0 atom stereocenters. The molecule has 0 aliphatic rings. The summed E-state index contributed by atoms with van der Waals surface area (Å²) in [7, 11) is -1.92. The number of unbranched alkanes of at least 4 members (excludes halogenated alkanes) is 23. The predicted molar refractivity (Wildman–Crippen MR) is 159 cm³/mol. The topological polar surface area (TPSA) is 17.1 Å². The first-order valence-electron chi connectivity index (χ1n) is 16.3. The van der Waals surface area contributed by atoms with Gasteiger partial charge >= 0.3 is 0 Å². The smallest absolute Gasteiger partial charge is 0.0877 e. The van der Waals surface area contributed by atoms with Crippen LogP contribution in [0.25, 0.3) is 0 Å². The van der Waals surface area contributed by atoms with E-state index in [2.05, 4.69) is 20.8 Å². The van der Waals surface area contributed by atoms with Crippen LogP contribution in [-0.4, -0.2) is 18.5 Å². The van der Waals surface area contributed by atoms with Crippen molar-refractivity contribution >= 4 is 7.14 Å². The summed E-state index contributed by atoms with van der Waals surface area (Å²) in [5.74, 6) is 0. The molecule has 0 aliphatic carbocycles. The lowest BCUT2D eigenvalue weighted by atomic mass is 10.0. The Kier molecular flexibility index (Phi) is 28.0. The van der Waals surface area contributed by atoms with Gasteiger partial charge in [-0.2, -0.15) is 0 Å². The van der Waals surface area contributed by atoms with E-state index >= 15 is 0 Å². The van der Waals surface area contributed by atoms with E-state index in [9.17, 15) is 4.57 Å². The standard InChI is InChI=1S/C32H67OP/c1-4-7-10-13-16-17-18-19-20-21-22-23-26-29-32-34(33,30-27-24-14-11-8-5-2)31-28-25-15-12-9-6-3/h4-32H2,1-3H3. The van der Waals surface area contributed by atoms with Crippen LogP contribution in [0.5, 0.6) is 0 Å². The van der Waals surface area contributed by atoms with Gasteiger partial charge in [-0.05, 0) is 19.3 Å². The molecule has 206 valence electrons. The molecular weight excluding hydrogens is 431 g/mol. The average molecular weight is 499 g/mol. The molecule has 34 heavy (non-hydrogen) atoms. The Morgan fingerprint density at radius 3 is 0.676 bits per heavy atom. The van der Waals surface area contributed by atoms with Gasteiger partial charge in [0.05, 0.1) is 7.14 Å². The van der Waals surface area contributed by atoms with E-state index in [0.717, 1.165) is 18.5 Å². The van der Waals surface area contributed by atoms with Crippen molar-refractivity contribution in [3.05, 3.63) is 0 Å². The van der Waals surface area contributed by atoms with Crippen LogP contribution in [0.4, 0.5) is 0 Å². The van der Waals surface area contributed by atoms with E-state index in [1.807, 2.05) is 0 Å². The maximum atomic E-state index is 13.7. The highest BCUT2D eigenvalue weighted by Gasteiger charge is 2.20. The Hall–Kier alpha value is 0.230. The van der Waals surface area contributed by atoms with Gasteiger partial charge in [0.25, 0.3) is 0 Å². The van der Waals surface area contributed by atoms with Crippen molar-refractivity contribution in [2.75, 3.05) is 18.5 Å². The minimum Gasteiger partial charge on any atom is -0.324 e. The molecule has 0 saturated heterocycles. The van der Waals surface area contributed by atoms with Crippen molar-refractivity contribution in [1.82, 2.24) is 0 Å². The minimum absolute atomic E-state index is 1.05. The van der Waals surface area contributed by atoms with Crippen LogP contribution in [0.3, 0.4) is 0 Å². The summed E-state index contributed by atoms with van der Waals surface area (Å²) < 4.78 is 13.7. The summed E-state index contributed by atoms with van der Waals surface area (Å²) in [6, 6.07) is 0. The maximum absolute atomic E-state index is 13.7. The quantitative estimate of drug-likeness (QED) is 0.0740. The van der Waals surface area contributed by atoms with E-state index in [1.165, 1.54) is 167 Å². The van der Waals surface area contributed by atoms with E-state index in [-0.39, 0.29) is 0 Å². The Balaban J connectivity index is 3.86. The number of hydrogen-bond acceptors (Lipinski definition) is 1. The molecule has 0 rings (SSSR count). The molecule has 0 fully saturated rings. The average Bonchev–Trinajstić information content (AvgIpc) is 2.84. The molecule has 0 radical (unpaired) electrons. The fourth-order valence-electron chi connectivity index (χ4n) is 5.29. The molecule has 0 aromatic rings. The van der Waals surface area contributed by atoms with Crippen LogP contribution in [-0.2, 0) is 4.57 Å². The summed E-state index contributed by atoms with van der Waals surface area (Å²) >= 11 is 0. The van der Waals surface area contributed by atoms with Gasteiger partial charge in [-0.3, -0.25) is 0 Å². The highest BCUT2D eigenvalue weighted by molar-refractivity contribution is 7.63. The molecule has 0 N–H and O–H groups in total. The SMILES string of the molecule is CCCCCCCCCCCCCCCCP(=O)(CCCCCCCC)CCCCCCCC. The maximum Gasteiger partial charge on any atom is 0.0877 e. The number of hydrogen-bond donors (Lipinski definition) is 0. The molecule has 0 heterocycles. The molecule has 0 saturated carbocycles. The molecule has 1 nitrogen and oxygen atoms in total. The second kappa shape index (κ2) is 27.8. The van der Waals surface area contributed by atoms with Gasteiger partial charge < -0.3 is 4.57 Å². The first-order chi connectivity index (χ1) is 16.7. The summed E-state index contributed by atoms with van der Waals surface area (Å²) in [4.78, 5) is 0. The second-order valence-electron chi connectivity index (χ2n) is 11.4.